The minimum absolute atomic E-state index is 0.0787. The van der Waals surface area contributed by atoms with E-state index in [1.54, 1.807) is 6.07 Å². The molecule has 0 amide bonds. The summed E-state index contributed by atoms with van der Waals surface area (Å²) in [6.45, 7) is 1.93. The summed E-state index contributed by atoms with van der Waals surface area (Å²) in [5, 5.41) is 0. The number of hydrazine groups is 1. The van der Waals surface area contributed by atoms with Gasteiger partial charge in [-0.1, -0.05) is 17.7 Å². The molecule has 1 aromatic rings. The third-order valence-electron chi connectivity index (χ3n) is 3.66. The van der Waals surface area contributed by atoms with Gasteiger partial charge in [0, 0.05) is 6.04 Å². The van der Waals surface area contributed by atoms with Crippen LogP contribution >= 0.6 is 0 Å². The lowest BCUT2D eigenvalue weighted by molar-refractivity contribution is 0.525. The van der Waals surface area contributed by atoms with E-state index in [4.69, 9.17) is 5.84 Å². The van der Waals surface area contributed by atoms with Gasteiger partial charge in [0.25, 0.3) is 0 Å². The van der Waals surface area contributed by atoms with E-state index in [0.717, 1.165) is 17.5 Å². The van der Waals surface area contributed by atoms with Gasteiger partial charge in [-0.15, -0.1) is 0 Å². The van der Waals surface area contributed by atoms with Crippen molar-refractivity contribution in [3.63, 3.8) is 0 Å². The molecule has 1 unspecified atom stereocenters. The van der Waals surface area contributed by atoms with Crippen LogP contribution in [0, 0.1) is 12.7 Å². The zero-order chi connectivity index (χ0) is 13.0. The predicted molar refractivity (Wildman–Crippen MR) is 72.4 cm³/mol. The van der Waals surface area contributed by atoms with Gasteiger partial charge in [0.2, 0.25) is 0 Å². The molecular weight excluding hydrogens is 227 g/mol. The van der Waals surface area contributed by atoms with Crippen LogP contribution in [0.15, 0.2) is 29.8 Å². The molecule has 3 heteroatoms. The maximum atomic E-state index is 13.1. The highest BCUT2D eigenvalue weighted by molar-refractivity contribution is 5.30. The zero-order valence-electron chi connectivity index (χ0n) is 10.9. The maximum Gasteiger partial charge on any atom is 0.123 e. The first-order valence-electron chi connectivity index (χ1n) is 6.61. The Hall–Kier alpha value is -1.19. The first-order chi connectivity index (χ1) is 8.70. The number of nitrogens with two attached hydrogens (primary N) is 1. The fourth-order valence-electron chi connectivity index (χ4n) is 2.64. The number of allylic oxidation sites excluding steroid dienone is 1. The van der Waals surface area contributed by atoms with Crippen LogP contribution in [0.5, 0.6) is 0 Å². The fraction of sp³-hybridized carbons (Fsp3) is 0.467. The topological polar surface area (TPSA) is 38.0 Å². The standard InChI is InChI=1S/C15H21FN2/c1-11-9-13(16)7-8-14(11)15(18-17)10-12-5-3-2-4-6-12/h5,7-9,15,18H,2-4,6,10,17H2,1H3. The molecule has 0 bridgehead atoms. The van der Waals surface area contributed by atoms with E-state index >= 15 is 0 Å². The second-order valence-electron chi connectivity index (χ2n) is 5.03. The Balaban J connectivity index is 2.14. The monoisotopic (exact) mass is 248 g/mol. The van der Waals surface area contributed by atoms with Crippen molar-refractivity contribution in [2.45, 2.75) is 45.1 Å². The summed E-state index contributed by atoms with van der Waals surface area (Å²) in [6, 6.07) is 4.98. The molecule has 3 N–H and O–H groups in total. The summed E-state index contributed by atoms with van der Waals surface area (Å²) in [5.74, 6) is 5.47. The highest BCUT2D eigenvalue weighted by Gasteiger charge is 2.15. The molecule has 1 aliphatic carbocycles. The van der Waals surface area contributed by atoms with Crippen molar-refractivity contribution >= 4 is 0 Å². The van der Waals surface area contributed by atoms with Crippen molar-refractivity contribution < 1.29 is 4.39 Å². The number of aryl methyl sites for hydroxylation is 1. The van der Waals surface area contributed by atoms with Crippen LogP contribution in [0.1, 0.15) is 49.3 Å². The fourth-order valence-corrected chi connectivity index (χ4v) is 2.64. The molecule has 0 heterocycles. The first kappa shape index (κ1) is 13.2. The SMILES string of the molecule is Cc1cc(F)ccc1C(CC1=CCCCC1)NN. The van der Waals surface area contributed by atoms with Gasteiger partial charge in [-0.05, 0) is 62.3 Å². The highest BCUT2D eigenvalue weighted by atomic mass is 19.1. The summed E-state index contributed by atoms with van der Waals surface area (Å²) < 4.78 is 13.1. The molecule has 1 atom stereocenters. The third-order valence-corrected chi connectivity index (χ3v) is 3.66. The number of nitrogens with one attached hydrogen (secondary N) is 1. The third kappa shape index (κ3) is 3.18. The average molecular weight is 248 g/mol. The molecule has 0 saturated carbocycles. The molecule has 18 heavy (non-hydrogen) atoms. The van der Waals surface area contributed by atoms with Gasteiger partial charge in [0.15, 0.2) is 0 Å². The number of benzene rings is 1. The predicted octanol–water partition coefficient (Wildman–Crippen LogP) is 3.53. The van der Waals surface area contributed by atoms with Gasteiger partial charge in [-0.2, -0.15) is 0 Å². The van der Waals surface area contributed by atoms with Gasteiger partial charge in [-0.3, -0.25) is 11.3 Å². The molecule has 1 aromatic carbocycles. The molecule has 98 valence electrons. The Morgan fingerprint density at radius 1 is 1.39 bits per heavy atom. The molecule has 0 aliphatic heterocycles. The van der Waals surface area contributed by atoms with E-state index in [0.29, 0.717) is 0 Å². The van der Waals surface area contributed by atoms with Crippen molar-refractivity contribution in [2.75, 3.05) is 0 Å². The Morgan fingerprint density at radius 2 is 2.22 bits per heavy atom. The lowest BCUT2D eigenvalue weighted by atomic mass is 9.90. The Bertz CT molecular complexity index is 440. The van der Waals surface area contributed by atoms with Crippen molar-refractivity contribution in [1.29, 1.82) is 0 Å². The largest absolute Gasteiger partial charge is 0.271 e. The molecule has 0 saturated heterocycles. The summed E-state index contributed by atoms with van der Waals surface area (Å²) in [4.78, 5) is 0. The molecule has 0 aromatic heterocycles. The number of halogens is 1. The van der Waals surface area contributed by atoms with Crippen molar-refractivity contribution in [3.05, 3.63) is 46.8 Å². The maximum absolute atomic E-state index is 13.1. The van der Waals surface area contributed by atoms with Gasteiger partial charge >= 0.3 is 0 Å². The van der Waals surface area contributed by atoms with Crippen LogP contribution in [-0.2, 0) is 0 Å². The number of hydrogen-bond acceptors (Lipinski definition) is 2. The second kappa shape index (κ2) is 6.12. The van der Waals surface area contributed by atoms with Crippen LogP contribution in [0.2, 0.25) is 0 Å². The molecule has 0 radical (unpaired) electrons. The van der Waals surface area contributed by atoms with E-state index in [-0.39, 0.29) is 11.9 Å². The van der Waals surface area contributed by atoms with Gasteiger partial charge < -0.3 is 0 Å². The van der Waals surface area contributed by atoms with E-state index in [1.165, 1.54) is 37.3 Å². The summed E-state index contributed by atoms with van der Waals surface area (Å²) in [5.41, 5.74) is 6.37. The molecule has 1 aliphatic rings. The summed E-state index contributed by atoms with van der Waals surface area (Å²) >= 11 is 0. The van der Waals surface area contributed by atoms with Crippen molar-refractivity contribution in [2.24, 2.45) is 5.84 Å². The average Bonchev–Trinajstić information content (AvgIpc) is 2.38. The van der Waals surface area contributed by atoms with Crippen LogP contribution in [0.25, 0.3) is 0 Å². The van der Waals surface area contributed by atoms with Gasteiger partial charge in [0.05, 0.1) is 0 Å². The van der Waals surface area contributed by atoms with Gasteiger partial charge in [-0.25, -0.2) is 4.39 Å². The van der Waals surface area contributed by atoms with Crippen LogP contribution in [0.4, 0.5) is 4.39 Å². The Kier molecular flexibility index (Phi) is 4.50. The van der Waals surface area contributed by atoms with E-state index in [9.17, 15) is 4.39 Å². The summed E-state index contributed by atoms with van der Waals surface area (Å²) in [7, 11) is 0. The smallest absolute Gasteiger partial charge is 0.123 e. The summed E-state index contributed by atoms with van der Waals surface area (Å²) in [6.07, 6.45) is 8.15. The number of rotatable bonds is 4. The van der Waals surface area contributed by atoms with Crippen molar-refractivity contribution in [1.82, 2.24) is 5.43 Å². The minimum atomic E-state index is -0.191. The molecular formula is C15H21FN2. The Labute approximate surface area is 108 Å². The first-order valence-corrected chi connectivity index (χ1v) is 6.61. The van der Waals surface area contributed by atoms with Crippen LogP contribution in [-0.4, -0.2) is 0 Å². The lowest BCUT2D eigenvalue weighted by Crippen LogP contribution is -2.29. The number of hydrogen-bond donors (Lipinski definition) is 2. The molecule has 2 nitrogen and oxygen atoms in total. The Morgan fingerprint density at radius 3 is 2.83 bits per heavy atom. The van der Waals surface area contributed by atoms with Crippen LogP contribution in [0.3, 0.4) is 0 Å². The van der Waals surface area contributed by atoms with Crippen molar-refractivity contribution in [3.8, 4) is 0 Å². The zero-order valence-corrected chi connectivity index (χ0v) is 10.9. The second-order valence-corrected chi connectivity index (χ2v) is 5.03. The minimum Gasteiger partial charge on any atom is -0.271 e. The van der Waals surface area contributed by atoms with E-state index in [2.05, 4.69) is 11.5 Å². The van der Waals surface area contributed by atoms with Gasteiger partial charge in [0.1, 0.15) is 5.82 Å². The van der Waals surface area contributed by atoms with E-state index in [1.807, 2.05) is 13.0 Å². The molecule has 0 spiro atoms. The molecule has 2 rings (SSSR count). The normalized spacial score (nSPS) is 17.4. The highest BCUT2D eigenvalue weighted by Crippen LogP contribution is 2.28. The van der Waals surface area contributed by atoms with Crippen LogP contribution < -0.4 is 11.3 Å². The quantitative estimate of drug-likeness (QED) is 0.486. The molecule has 0 fully saturated rings. The lowest BCUT2D eigenvalue weighted by Gasteiger charge is -2.22. The van der Waals surface area contributed by atoms with E-state index < -0.39 is 0 Å².